The van der Waals surface area contributed by atoms with Crippen molar-refractivity contribution >= 4 is 29.9 Å². The highest BCUT2D eigenvalue weighted by atomic mass is 127. The van der Waals surface area contributed by atoms with E-state index in [9.17, 15) is 0 Å². The lowest BCUT2D eigenvalue weighted by atomic mass is 10.1. The topological polar surface area (TPSA) is 59.0 Å². The SMILES string of the molecule is CN=C(NCc1cccc(-c2ccccn2)c1)N1CCC(OCCCOC)CC1.I. The molecule has 1 saturated heterocycles. The number of ether oxygens (including phenoxy) is 2. The molecule has 0 atom stereocenters. The Morgan fingerprint density at radius 1 is 1.17 bits per heavy atom. The Labute approximate surface area is 197 Å². The number of aromatic nitrogens is 1. The summed E-state index contributed by atoms with van der Waals surface area (Å²) in [6.45, 7) is 4.20. The van der Waals surface area contributed by atoms with Crippen LogP contribution in [-0.2, 0) is 16.0 Å². The lowest BCUT2D eigenvalue weighted by Gasteiger charge is -2.34. The van der Waals surface area contributed by atoms with Crippen molar-refractivity contribution in [2.45, 2.75) is 31.9 Å². The monoisotopic (exact) mass is 524 g/mol. The zero-order valence-corrected chi connectivity index (χ0v) is 20.2. The highest BCUT2D eigenvalue weighted by molar-refractivity contribution is 14.0. The molecule has 1 aromatic carbocycles. The zero-order chi connectivity index (χ0) is 20.3. The van der Waals surface area contributed by atoms with Gasteiger partial charge in [-0.3, -0.25) is 9.98 Å². The summed E-state index contributed by atoms with van der Waals surface area (Å²) in [6, 6.07) is 14.5. The second-order valence-electron chi connectivity index (χ2n) is 7.22. The fourth-order valence-corrected chi connectivity index (χ4v) is 3.58. The number of rotatable bonds is 8. The summed E-state index contributed by atoms with van der Waals surface area (Å²) >= 11 is 0. The summed E-state index contributed by atoms with van der Waals surface area (Å²) in [6.07, 6.45) is 5.19. The Kier molecular flexibility index (Phi) is 11.1. The van der Waals surface area contributed by atoms with Crippen molar-refractivity contribution < 1.29 is 9.47 Å². The van der Waals surface area contributed by atoms with Crippen molar-refractivity contribution in [2.75, 3.05) is 40.5 Å². The highest BCUT2D eigenvalue weighted by Gasteiger charge is 2.21. The number of hydrogen-bond acceptors (Lipinski definition) is 4. The molecule has 3 rings (SSSR count). The average molecular weight is 524 g/mol. The van der Waals surface area contributed by atoms with E-state index < -0.39 is 0 Å². The molecule has 0 spiro atoms. The van der Waals surface area contributed by atoms with Crippen molar-refractivity contribution in [1.29, 1.82) is 0 Å². The van der Waals surface area contributed by atoms with E-state index in [1.165, 1.54) is 5.56 Å². The summed E-state index contributed by atoms with van der Waals surface area (Å²) in [7, 11) is 3.58. The molecule has 164 valence electrons. The van der Waals surface area contributed by atoms with Gasteiger partial charge in [0.2, 0.25) is 0 Å². The van der Waals surface area contributed by atoms with Gasteiger partial charge in [-0.2, -0.15) is 0 Å². The number of methoxy groups -OCH3 is 1. The van der Waals surface area contributed by atoms with Gasteiger partial charge in [0.1, 0.15) is 0 Å². The number of piperidine rings is 1. The van der Waals surface area contributed by atoms with Crippen molar-refractivity contribution in [1.82, 2.24) is 15.2 Å². The molecule has 1 N–H and O–H groups in total. The Morgan fingerprint density at radius 2 is 2.00 bits per heavy atom. The van der Waals surface area contributed by atoms with Gasteiger partial charge in [0, 0.05) is 58.8 Å². The van der Waals surface area contributed by atoms with Crippen LogP contribution in [0.1, 0.15) is 24.8 Å². The first-order valence-corrected chi connectivity index (χ1v) is 10.4. The smallest absolute Gasteiger partial charge is 0.193 e. The first-order valence-electron chi connectivity index (χ1n) is 10.4. The molecule has 6 nitrogen and oxygen atoms in total. The van der Waals surface area contributed by atoms with Crippen LogP contribution in [-0.4, -0.2) is 62.4 Å². The van der Waals surface area contributed by atoms with E-state index in [2.05, 4.69) is 44.5 Å². The summed E-state index contributed by atoms with van der Waals surface area (Å²) < 4.78 is 11.0. The van der Waals surface area contributed by atoms with Crippen LogP contribution in [0.15, 0.2) is 53.7 Å². The van der Waals surface area contributed by atoms with Crippen molar-refractivity contribution in [3.63, 3.8) is 0 Å². The number of aliphatic imine (C=N–C) groups is 1. The van der Waals surface area contributed by atoms with E-state index in [1.54, 1.807) is 7.11 Å². The van der Waals surface area contributed by atoms with Crippen LogP contribution in [0, 0.1) is 0 Å². The number of guanidine groups is 1. The fourth-order valence-electron chi connectivity index (χ4n) is 3.58. The summed E-state index contributed by atoms with van der Waals surface area (Å²) in [4.78, 5) is 11.2. The number of pyridine rings is 1. The third kappa shape index (κ3) is 7.52. The Morgan fingerprint density at radius 3 is 2.70 bits per heavy atom. The molecule has 2 heterocycles. The largest absolute Gasteiger partial charge is 0.385 e. The van der Waals surface area contributed by atoms with Crippen LogP contribution >= 0.6 is 24.0 Å². The van der Waals surface area contributed by atoms with Gasteiger partial charge in [0.15, 0.2) is 5.96 Å². The minimum Gasteiger partial charge on any atom is -0.385 e. The molecule has 1 aliphatic heterocycles. The second kappa shape index (κ2) is 13.6. The van der Waals surface area contributed by atoms with E-state index in [-0.39, 0.29) is 24.0 Å². The third-order valence-corrected chi connectivity index (χ3v) is 5.14. The first-order chi connectivity index (χ1) is 14.3. The average Bonchev–Trinajstić information content (AvgIpc) is 2.79. The summed E-state index contributed by atoms with van der Waals surface area (Å²) in [5.74, 6) is 0.950. The zero-order valence-electron chi connectivity index (χ0n) is 17.9. The van der Waals surface area contributed by atoms with Gasteiger partial charge in [-0.25, -0.2) is 0 Å². The van der Waals surface area contributed by atoms with E-state index in [1.807, 2.05) is 31.4 Å². The Hall–Kier alpha value is -1.71. The maximum Gasteiger partial charge on any atom is 0.193 e. The fraction of sp³-hybridized carbons (Fsp3) is 0.478. The van der Waals surface area contributed by atoms with Gasteiger partial charge >= 0.3 is 0 Å². The predicted molar refractivity (Wildman–Crippen MR) is 132 cm³/mol. The van der Waals surface area contributed by atoms with Crippen molar-refractivity contribution in [3.05, 3.63) is 54.2 Å². The van der Waals surface area contributed by atoms with Gasteiger partial charge < -0.3 is 19.7 Å². The van der Waals surface area contributed by atoms with E-state index >= 15 is 0 Å². The van der Waals surface area contributed by atoms with Crippen molar-refractivity contribution in [3.8, 4) is 11.3 Å². The molecule has 0 amide bonds. The molecular weight excluding hydrogens is 491 g/mol. The summed E-state index contributed by atoms with van der Waals surface area (Å²) in [5, 5.41) is 3.51. The molecule has 0 radical (unpaired) electrons. The molecule has 0 saturated carbocycles. The van der Waals surface area contributed by atoms with Crippen LogP contribution in [0.25, 0.3) is 11.3 Å². The minimum absolute atomic E-state index is 0. The normalized spacial score (nSPS) is 15.0. The number of likely N-dealkylation sites (tertiary alicyclic amines) is 1. The maximum atomic E-state index is 5.96. The first kappa shape index (κ1) is 24.6. The molecule has 0 aliphatic carbocycles. The molecule has 2 aromatic rings. The predicted octanol–water partition coefficient (Wildman–Crippen LogP) is 3.96. The molecule has 1 fully saturated rings. The van der Waals surface area contributed by atoms with E-state index in [0.717, 1.165) is 69.3 Å². The number of halogens is 1. The molecular formula is C23H33IN4O2. The molecule has 1 aliphatic rings. The van der Waals surface area contributed by atoms with Crippen LogP contribution < -0.4 is 5.32 Å². The van der Waals surface area contributed by atoms with Crippen molar-refractivity contribution in [2.24, 2.45) is 4.99 Å². The minimum atomic E-state index is 0. The van der Waals surface area contributed by atoms with Crippen LogP contribution in [0.2, 0.25) is 0 Å². The lowest BCUT2D eigenvalue weighted by molar-refractivity contribution is 0.00989. The highest BCUT2D eigenvalue weighted by Crippen LogP contribution is 2.18. The standard InChI is InChI=1S/C23H32N4O2.HI/c1-24-23(27-13-10-21(11-14-27)29-16-6-15-28-2)26-18-19-7-5-8-20(17-19)22-9-3-4-12-25-22;/h3-5,7-9,12,17,21H,6,10-11,13-16,18H2,1-2H3,(H,24,26);1H. The van der Waals surface area contributed by atoms with Crippen LogP contribution in [0.5, 0.6) is 0 Å². The number of benzene rings is 1. The quantitative estimate of drug-likeness (QED) is 0.245. The number of nitrogens with zero attached hydrogens (tertiary/aromatic N) is 3. The van der Waals surface area contributed by atoms with Gasteiger partial charge in [-0.1, -0.05) is 24.3 Å². The van der Waals surface area contributed by atoms with E-state index in [4.69, 9.17) is 9.47 Å². The summed E-state index contributed by atoms with van der Waals surface area (Å²) in [5.41, 5.74) is 3.34. The Bertz CT molecular complexity index is 765. The molecule has 0 unspecified atom stereocenters. The van der Waals surface area contributed by atoms with Gasteiger partial charge in [-0.15, -0.1) is 24.0 Å². The van der Waals surface area contributed by atoms with Gasteiger partial charge in [-0.05, 0) is 43.0 Å². The van der Waals surface area contributed by atoms with Gasteiger partial charge in [0.05, 0.1) is 11.8 Å². The third-order valence-electron chi connectivity index (χ3n) is 5.14. The van der Waals surface area contributed by atoms with Gasteiger partial charge in [0.25, 0.3) is 0 Å². The molecule has 30 heavy (non-hydrogen) atoms. The maximum absolute atomic E-state index is 5.96. The molecule has 7 heteroatoms. The lowest BCUT2D eigenvalue weighted by Crippen LogP contribution is -2.46. The van der Waals surface area contributed by atoms with Crippen LogP contribution in [0.3, 0.4) is 0 Å². The van der Waals surface area contributed by atoms with E-state index in [0.29, 0.717) is 6.10 Å². The molecule has 1 aromatic heterocycles. The Balaban J connectivity index is 0.00000320. The second-order valence-corrected chi connectivity index (χ2v) is 7.22. The van der Waals surface area contributed by atoms with Crippen LogP contribution in [0.4, 0.5) is 0 Å². The molecule has 0 bridgehead atoms. The number of hydrogen-bond donors (Lipinski definition) is 1. The number of nitrogens with one attached hydrogen (secondary N) is 1.